The molecule has 0 aliphatic heterocycles. The molecule has 0 N–H and O–H groups in total. The van der Waals surface area contributed by atoms with E-state index in [0.29, 0.717) is 0 Å². The lowest BCUT2D eigenvalue weighted by Crippen LogP contribution is -1.97. The van der Waals surface area contributed by atoms with E-state index in [2.05, 4.69) is 15.2 Å². The van der Waals surface area contributed by atoms with Gasteiger partial charge in [0, 0.05) is 18.6 Å². The predicted octanol–water partition coefficient (Wildman–Crippen LogP) is 2.62. The van der Waals surface area contributed by atoms with E-state index in [-0.39, 0.29) is 0 Å². The molecule has 0 bridgehead atoms. The number of aryl methyl sites for hydroxylation is 2. The van der Waals surface area contributed by atoms with Crippen LogP contribution in [0.3, 0.4) is 0 Å². The fourth-order valence-electron chi connectivity index (χ4n) is 2.65. The molecule has 0 atom stereocenters. The van der Waals surface area contributed by atoms with Gasteiger partial charge in [-0.25, -0.2) is 9.67 Å². The highest BCUT2D eigenvalue weighted by molar-refractivity contribution is 6.03. The first-order valence-corrected chi connectivity index (χ1v) is 6.47. The lowest BCUT2D eigenvalue weighted by Gasteiger charge is -2.02. The van der Waals surface area contributed by atoms with Crippen LogP contribution in [0.4, 0.5) is 0 Å². The smallest absolute Gasteiger partial charge is 0.165 e. The van der Waals surface area contributed by atoms with Crippen LogP contribution in [0.1, 0.15) is 5.69 Å². The summed E-state index contributed by atoms with van der Waals surface area (Å²) >= 11 is 0. The average molecular weight is 263 g/mol. The molecule has 3 heterocycles. The maximum Gasteiger partial charge on any atom is 0.165 e. The summed E-state index contributed by atoms with van der Waals surface area (Å²) in [5.74, 6) is 0. The second kappa shape index (κ2) is 3.90. The topological polar surface area (TPSA) is 48.5 Å². The molecule has 0 saturated heterocycles. The molecule has 0 aliphatic carbocycles. The molecule has 5 nitrogen and oxygen atoms in total. The Bertz CT molecular complexity index is 918. The molecule has 3 aromatic heterocycles. The molecule has 0 radical (unpaired) electrons. The molecule has 0 fully saturated rings. The molecule has 5 heteroatoms. The van der Waals surface area contributed by atoms with Gasteiger partial charge in [-0.3, -0.25) is 4.68 Å². The summed E-state index contributed by atoms with van der Waals surface area (Å²) in [6.45, 7) is 2.01. The zero-order valence-electron chi connectivity index (χ0n) is 11.3. The average Bonchev–Trinajstić information content (AvgIpc) is 3.01. The fraction of sp³-hybridized carbons (Fsp3) is 0.133. The van der Waals surface area contributed by atoms with Crippen molar-refractivity contribution < 1.29 is 0 Å². The lowest BCUT2D eigenvalue weighted by atomic mass is 10.2. The van der Waals surface area contributed by atoms with Gasteiger partial charge in [0.15, 0.2) is 5.65 Å². The van der Waals surface area contributed by atoms with Crippen LogP contribution in [0.5, 0.6) is 0 Å². The van der Waals surface area contributed by atoms with Crippen molar-refractivity contribution in [3.8, 4) is 5.69 Å². The molecule has 20 heavy (non-hydrogen) atoms. The first-order chi connectivity index (χ1) is 9.75. The molecule has 0 unspecified atom stereocenters. The van der Waals surface area contributed by atoms with Crippen molar-refractivity contribution in [1.29, 1.82) is 0 Å². The van der Waals surface area contributed by atoms with Crippen molar-refractivity contribution in [2.24, 2.45) is 7.05 Å². The van der Waals surface area contributed by atoms with E-state index >= 15 is 0 Å². The van der Waals surface area contributed by atoms with Crippen LogP contribution >= 0.6 is 0 Å². The summed E-state index contributed by atoms with van der Waals surface area (Å²) in [6.07, 6.45) is 3.69. The predicted molar refractivity (Wildman–Crippen MR) is 77.9 cm³/mol. The van der Waals surface area contributed by atoms with Gasteiger partial charge in [0.2, 0.25) is 0 Å². The highest BCUT2D eigenvalue weighted by atomic mass is 15.3. The third-order valence-electron chi connectivity index (χ3n) is 3.57. The first kappa shape index (κ1) is 11.2. The Balaban J connectivity index is 2.16. The number of para-hydroxylation sites is 1. The quantitative estimate of drug-likeness (QED) is 0.530. The summed E-state index contributed by atoms with van der Waals surface area (Å²) in [4.78, 5) is 4.57. The van der Waals surface area contributed by atoms with Crippen molar-refractivity contribution >= 4 is 21.9 Å². The second-order valence-electron chi connectivity index (χ2n) is 4.86. The Labute approximate surface area is 115 Å². The summed E-state index contributed by atoms with van der Waals surface area (Å²) in [7, 11) is 1.95. The van der Waals surface area contributed by atoms with Gasteiger partial charge in [-0.1, -0.05) is 18.2 Å². The molecule has 4 aromatic rings. The number of fused-ring (bicyclic) bond motifs is 3. The number of hydrogen-bond acceptors (Lipinski definition) is 3. The Morgan fingerprint density at radius 1 is 1.05 bits per heavy atom. The van der Waals surface area contributed by atoms with Gasteiger partial charge in [-0.2, -0.15) is 10.2 Å². The van der Waals surface area contributed by atoms with E-state index in [9.17, 15) is 0 Å². The van der Waals surface area contributed by atoms with Gasteiger partial charge in [0.05, 0.1) is 28.5 Å². The molecular formula is C15H13N5. The lowest BCUT2D eigenvalue weighted by molar-refractivity contribution is 0.799. The van der Waals surface area contributed by atoms with Crippen LogP contribution in [0.25, 0.3) is 27.6 Å². The Morgan fingerprint density at radius 3 is 2.65 bits per heavy atom. The van der Waals surface area contributed by atoms with Gasteiger partial charge < -0.3 is 0 Å². The summed E-state index contributed by atoms with van der Waals surface area (Å²) in [5, 5.41) is 11.1. The Kier molecular flexibility index (Phi) is 2.18. The summed E-state index contributed by atoms with van der Waals surface area (Å²) < 4.78 is 3.76. The third-order valence-corrected chi connectivity index (χ3v) is 3.57. The Hall–Kier alpha value is -2.69. The Morgan fingerprint density at radius 2 is 1.85 bits per heavy atom. The number of pyridine rings is 1. The normalized spacial score (nSPS) is 11.5. The van der Waals surface area contributed by atoms with E-state index in [4.69, 9.17) is 0 Å². The van der Waals surface area contributed by atoms with E-state index < -0.39 is 0 Å². The SMILES string of the molecule is Cc1nn(-c2ccccc2)c2ncc3cnn(C)c3c12. The maximum absolute atomic E-state index is 4.64. The van der Waals surface area contributed by atoms with E-state index in [1.54, 1.807) is 0 Å². The van der Waals surface area contributed by atoms with Crippen LogP contribution in [-0.2, 0) is 7.05 Å². The van der Waals surface area contributed by atoms with Crippen molar-refractivity contribution in [2.45, 2.75) is 6.92 Å². The minimum absolute atomic E-state index is 0.866. The van der Waals surface area contributed by atoms with E-state index in [0.717, 1.165) is 33.3 Å². The number of nitrogens with zero attached hydrogens (tertiary/aromatic N) is 5. The summed E-state index contributed by atoms with van der Waals surface area (Å²) in [5.41, 5.74) is 3.92. The van der Waals surface area contributed by atoms with Gasteiger partial charge >= 0.3 is 0 Å². The standard InChI is InChI=1S/C15H13N5/c1-10-13-14-11(9-17-19(14)2)8-16-15(13)20(18-10)12-6-4-3-5-7-12/h3-9H,1-2H3. The molecule has 0 saturated carbocycles. The highest BCUT2D eigenvalue weighted by Gasteiger charge is 2.15. The molecule has 0 aliphatic rings. The van der Waals surface area contributed by atoms with Gasteiger partial charge in [0.25, 0.3) is 0 Å². The second-order valence-corrected chi connectivity index (χ2v) is 4.86. The fourth-order valence-corrected chi connectivity index (χ4v) is 2.65. The van der Waals surface area contributed by atoms with Crippen molar-refractivity contribution in [3.63, 3.8) is 0 Å². The van der Waals surface area contributed by atoms with Crippen LogP contribution in [0, 0.1) is 6.92 Å². The zero-order chi connectivity index (χ0) is 13.7. The van der Waals surface area contributed by atoms with Crippen LogP contribution in [-0.4, -0.2) is 24.5 Å². The third kappa shape index (κ3) is 1.40. The number of aromatic nitrogens is 5. The van der Waals surface area contributed by atoms with E-state index in [1.807, 2.05) is 66.1 Å². The summed E-state index contributed by atoms with van der Waals surface area (Å²) in [6, 6.07) is 10.1. The number of benzene rings is 1. The van der Waals surface area contributed by atoms with Crippen molar-refractivity contribution in [1.82, 2.24) is 24.5 Å². The largest absolute Gasteiger partial charge is 0.267 e. The maximum atomic E-state index is 4.64. The highest BCUT2D eigenvalue weighted by Crippen LogP contribution is 2.27. The van der Waals surface area contributed by atoms with Gasteiger partial charge in [-0.05, 0) is 19.1 Å². The van der Waals surface area contributed by atoms with Gasteiger partial charge in [-0.15, -0.1) is 0 Å². The minimum Gasteiger partial charge on any atom is -0.267 e. The molecule has 0 spiro atoms. The van der Waals surface area contributed by atoms with Gasteiger partial charge in [0.1, 0.15) is 0 Å². The van der Waals surface area contributed by atoms with E-state index in [1.165, 1.54) is 0 Å². The number of hydrogen-bond donors (Lipinski definition) is 0. The van der Waals surface area contributed by atoms with Crippen LogP contribution in [0.2, 0.25) is 0 Å². The molecular weight excluding hydrogens is 250 g/mol. The molecule has 1 aromatic carbocycles. The zero-order valence-corrected chi connectivity index (χ0v) is 11.3. The minimum atomic E-state index is 0.866. The molecule has 98 valence electrons. The molecule has 0 amide bonds. The number of rotatable bonds is 1. The molecule has 4 rings (SSSR count). The van der Waals surface area contributed by atoms with Crippen LogP contribution < -0.4 is 0 Å². The van der Waals surface area contributed by atoms with Crippen molar-refractivity contribution in [2.75, 3.05) is 0 Å². The monoisotopic (exact) mass is 263 g/mol. The van der Waals surface area contributed by atoms with Crippen LogP contribution in [0.15, 0.2) is 42.7 Å². The first-order valence-electron chi connectivity index (χ1n) is 6.47. The van der Waals surface area contributed by atoms with Crippen molar-refractivity contribution in [3.05, 3.63) is 48.4 Å².